The summed E-state index contributed by atoms with van der Waals surface area (Å²) in [6.45, 7) is 13.6. The third kappa shape index (κ3) is 6.40. The zero-order valence-corrected chi connectivity index (χ0v) is 27.4. The molecule has 14 atom stereocenters. The number of phosphoric ester groups is 1. The maximum atomic E-state index is 12.8. The molecule has 0 radical (unpaired) electrons. The summed E-state index contributed by atoms with van der Waals surface area (Å²) in [5.41, 5.74) is 0.799. The maximum Gasteiger partial charge on any atom is 0.472 e. The smallest absolute Gasteiger partial charge is 0.393 e. The van der Waals surface area contributed by atoms with E-state index in [4.69, 9.17) is 13.8 Å². The second-order valence-electron chi connectivity index (χ2n) is 15.8. The second kappa shape index (κ2) is 12.4. The number of hydrogen-bond acceptors (Lipinski definition) is 6. The minimum Gasteiger partial charge on any atom is -0.393 e. The maximum absolute atomic E-state index is 12.8. The van der Waals surface area contributed by atoms with Crippen molar-refractivity contribution in [1.29, 1.82) is 0 Å². The van der Waals surface area contributed by atoms with Crippen molar-refractivity contribution in [3.05, 3.63) is 0 Å². The Bertz CT molecular complexity index is 943. The number of rotatable bonds is 10. The summed E-state index contributed by atoms with van der Waals surface area (Å²) in [5, 5.41) is 20.8. The predicted octanol–water partition coefficient (Wildman–Crippen LogP) is 7.12. The molecule has 0 amide bonds. The molecule has 1 heterocycles. The highest BCUT2D eigenvalue weighted by molar-refractivity contribution is 7.47. The first-order valence-electron chi connectivity index (χ1n) is 16.9. The Morgan fingerprint density at radius 1 is 0.976 bits per heavy atom. The number of aliphatic hydroxyl groups is 2. The summed E-state index contributed by atoms with van der Waals surface area (Å²) in [5.74, 6) is 4.71. The van der Waals surface area contributed by atoms with E-state index in [9.17, 15) is 19.7 Å². The lowest BCUT2D eigenvalue weighted by Crippen LogP contribution is -2.54. The van der Waals surface area contributed by atoms with Gasteiger partial charge in [-0.25, -0.2) is 4.57 Å². The molecular weight excluding hydrogens is 539 g/mol. The molecule has 8 heteroatoms. The standard InChI is InChI=1S/C33H59O7P/c1-20(2)18-29-31(30(35)22(4)39-29)40-41(36,37)38-17-7-8-21(3)26-11-12-27-25-10-9-23-19-24(34)13-15-32(23,5)28(25)14-16-33(26,27)6/h20-31,34-35H,7-19H2,1-6H3,(H,36,37)/t21-,22+,23?,24-,25+,26-,27+,28+,29-,30+,31-,32+,33-/m1/s1. The fraction of sp³-hybridized carbons (Fsp3) is 1.00. The second-order valence-corrected chi connectivity index (χ2v) is 17.2. The van der Waals surface area contributed by atoms with Crippen LogP contribution in [0.5, 0.6) is 0 Å². The molecule has 41 heavy (non-hydrogen) atoms. The lowest BCUT2D eigenvalue weighted by Gasteiger charge is -2.61. The first-order chi connectivity index (χ1) is 19.2. The van der Waals surface area contributed by atoms with Gasteiger partial charge < -0.3 is 19.8 Å². The van der Waals surface area contributed by atoms with E-state index in [0.29, 0.717) is 40.9 Å². The van der Waals surface area contributed by atoms with E-state index < -0.39 is 32.2 Å². The number of phosphoric acid groups is 1. The third-order valence-electron chi connectivity index (χ3n) is 13.0. The van der Waals surface area contributed by atoms with Crippen LogP contribution in [0.15, 0.2) is 0 Å². The highest BCUT2D eigenvalue weighted by Crippen LogP contribution is 2.68. The molecule has 2 unspecified atom stereocenters. The SMILES string of the molecule is CC(C)C[C@H]1O[C@@H](C)[C@H](O)[C@@H]1OP(=O)(O)OCCC[C@@H](C)[C@H]1CC[C@H]2[C@@H]3CCC4C[C@H](O)CC[C@]4(C)[C@H]3CC[C@]12C. The van der Waals surface area contributed by atoms with Gasteiger partial charge in [-0.15, -0.1) is 0 Å². The van der Waals surface area contributed by atoms with Crippen molar-refractivity contribution in [3.8, 4) is 0 Å². The van der Waals surface area contributed by atoms with E-state index in [2.05, 4.69) is 34.6 Å². The third-order valence-corrected chi connectivity index (χ3v) is 14.0. The number of aliphatic hydroxyl groups excluding tert-OH is 2. The largest absolute Gasteiger partial charge is 0.472 e. The molecular formula is C33H59O7P. The Kier molecular flexibility index (Phi) is 9.80. The van der Waals surface area contributed by atoms with Crippen molar-refractivity contribution in [2.45, 2.75) is 149 Å². The van der Waals surface area contributed by atoms with Gasteiger partial charge in [0.25, 0.3) is 0 Å². The van der Waals surface area contributed by atoms with Crippen molar-refractivity contribution >= 4 is 7.82 Å². The Labute approximate surface area is 249 Å². The molecule has 0 aromatic rings. The number of ether oxygens (including phenoxy) is 1. The van der Waals surface area contributed by atoms with E-state index in [0.717, 1.165) is 43.4 Å². The molecule has 1 saturated heterocycles. The van der Waals surface area contributed by atoms with Crippen LogP contribution in [0.25, 0.3) is 0 Å². The van der Waals surface area contributed by atoms with Crippen LogP contribution in [0, 0.1) is 52.3 Å². The molecule has 0 spiro atoms. The summed E-state index contributed by atoms with van der Waals surface area (Å²) >= 11 is 0. The molecule has 0 aromatic heterocycles. The van der Waals surface area contributed by atoms with Gasteiger partial charge in [0.2, 0.25) is 0 Å². The Morgan fingerprint density at radius 2 is 1.68 bits per heavy atom. The molecule has 7 nitrogen and oxygen atoms in total. The quantitative estimate of drug-likeness (QED) is 0.182. The van der Waals surface area contributed by atoms with Crippen molar-refractivity contribution < 1.29 is 33.5 Å². The van der Waals surface area contributed by atoms with Crippen LogP contribution in [-0.2, 0) is 18.3 Å². The van der Waals surface area contributed by atoms with Crippen molar-refractivity contribution in [2.75, 3.05) is 6.61 Å². The summed E-state index contributed by atoms with van der Waals surface area (Å²) in [6, 6.07) is 0. The summed E-state index contributed by atoms with van der Waals surface area (Å²) in [7, 11) is -4.30. The van der Waals surface area contributed by atoms with Gasteiger partial charge in [0.05, 0.1) is 24.9 Å². The minimum atomic E-state index is -4.30. The van der Waals surface area contributed by atoms with Gasteiger partial charge >= 0.3 is 7.82 Å². The predicted molar refractivity (Wildman–Crippen MR) is 160 cm³/mol. The zero-order valence-electron chi connectivity index (χ0n) is 26.5. The monoisotopic (exact) mass is 598 g/mol. The lowest BCUT2D eigenvalue weighted by atomic mass is 9.44. The van der Waals surface area contributed by atoms with Gasteiger partial charge in [-0.2, -0.15) is 0 Å². The van der Waals surface area contributed by atoms with Gasteiger partial charge in [-0.3, -0.25) is 9.05 Å². The molecule has 5 aliphatic rings. The first kappa shape index (κ1) is 32.4. The number of fused-ring (bicyclic) bond motifs is 5. The highest BCUT2D eigenvalue weighted by atomic mass is 31.2. The molecule has 238 valence electrons. The van der Waals surface area contributed by atoms with Crippen LogP contribution in [0.2, 0.25) is 0 Å². The first-order valence-corrected chi connectivity index (χ1v) is 18.4. The van der Waals surface area contributed by atoms with Gasteiger partial charge in [-0.1, -0.05) is 34.6 Å². The van der Waals surface area contributed by atoms with Crippen LogP contribution >= 0.6 is 7.82 Å². The minimum absolute atomic E-state index is 0.0840. The van der Waals surface area contributed by atoms with Crippen LogP contribution in [0.3, 0.4) is 0 Å². The summed E-state index contributed by atoms with van der Waals surface area (Å²) in [4.78, 5) is 10.5. The van der Waals surface area contributed by atoms with Gasteiger partial charge in [0, 0.05) is 0 Å². The zero-order chi connectivity index (χ0) is 29.7. The van der Waals surface area contributed by atoms with E-state index in [1.54, 1.807) is 6.92 Å². The Morgan fingerprint density at radius 3 is 2.41 bits per heavy atom. The highest BCUT2D eigenvalue weighted by Gasteiger charge is 2.60. The van der Waals surface area contributed by atoms with Crippen LogP contribution in [0.1, 0.15) is 119 Å². The number of hydrogen-bond donors (Lipinski definition) is 3. The molecule has 0 aromatic carbocycles. The Hall–Kier alpha value is -0.0100. The van der Waals surface area contributed by atoms with E-state index in [1.165, 1.54) is 44.9 Å². The Balaban J connectivity index is 1.12. The normalized spacial score (nSPS) is 48.3. The molecule has 1 aliphatic heterocycles. The topological polar surface area (TPSA) is 105 Å². The van der Waals surface area contributed by atoms with Crippen molar-refractivity contribution in [1.82, 2.24) is 0 Å². The summed E-state index contributed by atoms with van der Waals surface area (Å²) < 4.78 is 29.5. The van der Waals surface area contributed by atoms with Crippen LogP contribution in [0.4, 0.5) is 0 Å². The molecule has 3 N–H and O–H groups in total. The average Bonchev–Trinajstić information content (AvgIpc) is 3.37. The molecule has 5 fully saturated rings. The molecule has 5 rings (SSSR count). The fourth-order valence-electron chi connectivity index (χ4n) is 10.9. The van der Waals surface area contributed by atoms with Crippen molar-refractivity contribution in [3.63, 3.8) is 0 Å². The van der Waals surface area contributed by atoms with Crippen LogP contribution < -0.4 is 0 Å². The average molecular weight is 599 g/mol. The van der Waals surface area contributed by atoms with Crippen LogP contribution in [-0.4, -0.2) is 52.2 Å². The molecule has 4 aliphatic carbocycles. The van der Waals surface area contributed by atoms with Gasteiger partial charge in [0.1, 0.15) is 12.2 Å². The molecule has 4 saturated carbocycles. The fourth-order valence-corrected chi connectivity index (χ4v) is 11.9. The van der Waals surface area contributed by atoms with Crippen molar-refractivity contribution in [2.24, 2.45) is 52.3 Å². The van der Waals surface area contributed by atoms with Gasteiger partial charge in [-0.05, 0) is 136 Å². The van der Waals surface area contributed by atoms with E-state index in [1.807, 2.05) is 0 Å². The van der Waals surface area contributed by atoms with E-state index in [-0.39, 0.29) is 12.7 Å². The molecule has 0 bridgehead atoms. The summed E-state index contributed by atoms with van der Waals surface area (Å²) in [6.07, 6.45) is 10.7. The van der Waals surface area contributed by atoms with Gasteiger partial charge in [0.15, 0.2) is 0 Å². The lowest BCUT2D eigenvalue weighted by molar-refractivity contribution is -0.129. The van der Waals surface area contributed by atoms with E-state index >= 15 is 0 Å².